The van der Waals surface area contributed by atoms with Gasteiger partial charge in [-0.15, -0.1) is 0 Å². The minimum absolute atomic E-state index is 0.328. The molecular weight excluding hydrogens is 244 g/mol. The van der Waals surface area contributed by atoms with Gasteiger partial charge in [-0.05, 0) is 25.2 Å². The molecule has 2 N–H and O–H groups in total. The van der Waals surface area contributed by atoms with Crippen molar-refractivity contribution in [3.05, 3.63) is 18.1 Å². The van der Waals surface area contributed by atoms with E-state index >= 15 is 0 Å². The highest BCUT2D eigenvalue weighted by molar-refractivity contribution is 7.80. The van der Waals surface area contributed by atoms with Gasteiger partial charge in [-0.25, -0.2) is 9.97 Å². The van der Waals surface area contributed by atoms with Crippen LogP contribution in [0.5, 0.6) is 0 Å². The molecule has 1 fully saturated rings. The molecule has 98 valence electrons. The van der Waals surface area contributed by atoms with Crippen molar-refractivity contribution < 1.29 is 0 Å². The van der Waals surface area contributed by atoms with Gasteiger partial charge in [0.1, 0.15) is 10.7 Å². The summed E-state index contributed by atoms with van der Waals surface area (Å²) in [5.74, 6) is 1.68. The quantitative estimate of drug-likeness (QED) is 0.848. The highest BCUT2D eigenvalue weighted by Gasteiger charge is 2.20. The molecule has 0 radical (unpaired) electrons. The van der Waals surface area contributed by atoms with Gasteiger partial charge in [0.25, 0.3) is 0 Å². The number of thiocarbonyl (C=S) groups is 1. The SMILES string of the molecule is CCC1CCCN(c2nccnc2C(N)=S)CC1. The van der Waals surface area contributed by atoms with Crippen molar-refractivity contribution in [1.29, 1.82) is 0 Å². The van der Waals surface area contributed by atoms with Crippen molar-refractivity contribution >= 4 is 23.0 Å². The average molecular weight is 264 g/mol. The van der Waals surface area contributed by atoms with Crippen LogP contribution in [0.25, 0.3) is 0 Å². The summed E-state index contributed by atoms with van der Waals surface area (Å²) in [5, 5.41) is 0. The molecule has 18 heavy (non-hydrogen) atoms. The van der Waals surface area contributed by atoms with Crippen LogP contribution in [0.1, 0.15) is 38.3 Å². The fourth-order valence-electron chi connectivity index (χ4n) is 2.52. The highest BCUT2D eigenvalue weighted by atomic mass is 32.1. The molecule has 1 aromatic heterocycles. The summed E-state index contributed by atoms with van der Waals surface area (Å²) in [6.45, 7) is 4.31. The van der Waals surface area contributed by atoms with Gasteiger partial charge >= 0.3 is 0 Å². The molecule has 2 heterocycles. The van der Waals surface area contributed by atoms with E-state index in [0.717, 1.165) is 24.8 Å². The molecule has 1 aromatic rings. The molecule has 0 saturated carbocycles. The Morgan fingerprint density at radius 1 is 1.39 bits per heavy atom. The molecule has 1 atom stereocenters. The Morgan fingerprint density at radius 3 is 2.89 bits per heavy atom. The highest BCUT2D eigenvalue weighted by Crippen LogP contribution is 2.24. The fourth-order valence-corrected chi connectivity index (χ4v) is 2.67. The number of aromatic nitrogens is 2. The van der Waals surface area contributed by atoms with Gasteiger partial charge in [0.15, 0.2) is 5.82 Å². The molecule has 1 aliphatic heterocycles. The van der Waals surface area contributed by atoms with Gasteiger partial charge in [0, 0.05) is 25.5 Å². The number of hydrogen-bond acceptors (Lipinski definition) is 4. The summed E-state index contributed by atoms with van der Waals surface area (Å²) in [6, 6.07) is 0. The Labute approximate surface area is 114 Å². The van der Waals surface area contributed by atoms with Crippen LogP contribution in [-0.4, -0.2) is 28.0 Å². The summed E-state index contributed by atoms with van der Waals surface area (Å²) in [6.07, 6.45) is 8.33. The summed E-state index contributed by atoms with van der Waals surface area (Å²) in [4.78, 5) is 11.3. The number of anilines is 1. The van der Waals surface area contributed by atoms with Crippen LogP contribution in [0.3, 0.4) is 0 Å². The van der Waals surface area contributed by atoms with E-state index in [1.54, 1.807) is 12.4 Å². The minimum Gasteiger partial charge on any atom is -0.388 e. The number of nitrogens with two attached hydrogens (primary N) is 1. The van der Waals surface area contributed by atoms with E-state index in [4.69, 9.17) is 18.0 Å². The monoisotopic (exact) mass is 264 g/mol. The molecule has 1 unspecified atom stereocenters. The molecule has 0 aliphatic carbocycles. The third kappa shape index (κ3) is 2.96. The summed E-state index contributed by atoms with van der Waals surface area (Å²) >= 11 is 5.05. The smallest absolute Gasteiger partial charge is 0.157 e. The molecule has 0 aromatic carbocycles. The maximum atomic E-state index is 5.72. The van der Waals surface area contributed by atoms with Gasteiger partial charge in [0.05, 0.1) is 0 Å². The Bertz CT molecular complexity index is 421. The first kappa shape index (κ1) is 13.2. The zero-order chi connectivity index (χ0) is 13.0. The third-order valence-corrected chi connectivity index (χ3v) is 3.83. The Kier molecular flexibility index (Phi) is 4.47. The van der Waals surface area contributed by atoms with E-state index in [9.17, 15) is 0 Å². The van der Waals surface area contributed by atoms with Crippen LogP contribution in [0.15, 0.2) is 12.4 Å². The molecule has 0 amide bonds. The summed E-state index contributed by atoms with van der Waals surface area (Å²) in [7, 11) is 0. The number of nitrogens with zero attached hydrogens (tertiary/aromatic N) is 3. The zero-order valence-corrected chi connectivity index (χ0v) is 11.6. The largest absolute Gasteiger partial charge is 0.388 e. The van der Waals surface area contributed by atoms with E-state index < -0.39 is 0 Å². The second-order valence-electron chi connectivity index (χ2n) is 4.79. The predicted molar refractivity (Wildman–Crippen MR) is 77.8 cm³/mol. The van der Waals surface area contributed by atoms with Gasteiger partial charge in [-0.3, -0.25) is 0 Å². The zero-order valence-electron chi connectivity index (χ0n) is 10.8. The van der Waals surface area contributed by atoms with Crippen LogP contribution < -0.4 is 10.6 Å². The average Bonchev–Trinajstić information content (AvgIpc) is 2.63. The van der Waals surface area contributed by atoms with E-state index in [-0.39, 0.29) is 0 Å². The van der Waals surface area contributed by atoms with Crippen LogP contribution in [-0.2, 0) is 0 Å². The van der Waals surface area contributed by atoms with Gasteiger partial charge in [-0.2, -0.15) is 0 Å². The first-order chi connectivity index (χ1) is 8.72. The second kappa shape index (κ2) is 6.09. The first-order valence-electron chi connectivity index (χ1n) is 6.58. The minimum atomic E-state index is 0.328. The third-order valence-electron chi connectivity index (χ3n) is 3.64. The summed E-state index contributed by atoms with van der Waals surface area (Å²) in [5.41, 5.74) is 6.37. The van der Waals surface area contributed by atoms with Crippen LogP contribution >= 0.6 is 12.2 Å². The molecule has 1 aliphatic rings. The lowest BCUT2D eigenvalue weighted by molar-refractivity contribution is 0.459. The van der Waals surface area contributed by atoms with Crippen LogP contribution in [0.2, 0.25) is 0 Å². The van der Waals surface area contributed by atoms with Crippen molar-refractivity contribution in [3.8, 4) is 0 Å². The lowest BCUT2D eigenvalue weighted by Crippen LogP contribution is -2.29. The van der Waals surface area contributed by atoms with Crippen molar-refractivity contribution in [2.45, 2.75) is 32.6 Å². The van der Waals surface area contributed by atoms with Gasteiger partial charge in [0.2, 0.25) is 0 Å². The predicted octanol–water partition coefficient (Wildman–Crippen LogP) is 2.13. The molecule has 4 nitrogen and oxygen atoms in total. The number of hydrogen-bond donors (Lipinski definition) is 1. The summed E-state index contributed by atoms with van der Waals surface area (Å²) < 4.78 is 0. The maximum absolute atomic E-state index is 5.72. The number of rotatable bonds is 3. The van der Waals surface area contributed by atoms with Crippen LogP contribution in [0.4, 0.5) is 5.82 Å². The molecular formula is C13H20N4S. The van der Waals surface area contributed by atoms with Crippen molar-refractivity contribution in [1.82, 2.24) is 9.97 Å². The topological polar surface area (TPSA) is 55.0 Å². The Morgan fingerprint density at radius 2 is 2.17 bits per heavy atom. The maximum Gasteiger partial charge on any atom is 0.157 e. The van der Waals surface area contributed by atoms with Crippen LogP contribution in [0, 0.1) is 5.92 Å². The Hall–Kier alpha value is -1.23. The molecule has 0 spiro atoms. The molecule has 1 saturated heterocycles. The Balaban J connectivity index is 2.18. The lowest BCUT2D eigenvalue weighted by Gasteiger charge is -2.23. The van der Waals surface area contributed by atoms with E-state index in [0.29, 0.717) is 10.7 Å². The van der Waals surface area contributed by atoms with Crippen molar-refractivity contribution in [3.63, 3.8) is 0 Å². The first-order valence-corrected chi connectivity index (χ1v) is 6.99. The van der Waals surface area contributed by atoms with Crippen molar-refractivity contribution in [2.24, 2.45) is 11.7 Å². The van der Waals surface area contributed by atoms with Gasteiger partial charge in [-0.1, -0.05) is 25.6 Å². The lowest BCUT2D eigenvalue weighted by atomic mass is 9.98. The second-order valence-corrected chi connectivity index (χ2v) is 5.22. The van der Waals surface area contributed by atoms with E-state index in [1.807, 2.05) is 0 Å². The van der Waals surface area contributed by atoms with E-state index in [1.165, 1.54) is 25.7 Å². The fraction of sp³-hybridized carbons (Fsp3) is 0.615. The standard InChI is InChI=1S/C13H20N4S/c1-2-10-4-3-8-17(9-5-10)13-11(12(14)18)15-6-7-16-13/h6-7,10H,2-5,8-9H2,1H3,(H2,14,18). The van der Waals surface area contributed by atoms with Gasteiger partial charge < -0.3 is 10.6 Å². The van der Waals surface area contributed by atoms with E-state index in [2.05, 4.69) is 21.8 Å². The molecule has 5 heteroatoms. The molecule has 2 rings (SSSR count). The molecule has 0 bridgehead atoms. The van der Waals surface area contributed by atoms with Crippen molar-refractivity contribution in [2.75, 3.05) is 18.0 Å². The normalized spacial score (nSPS) is 20.5.